The molecule has 1 unspecified atom stereocenters. The quantitative estimate of drug-likeness (QED) is 0.648. The minimum absolute atomic E-state index is 0.362. The van der Waals surface area contributed by atoms with Gasteiger partial charge in [0.25, 0.3) is 0 Å². The summed E-state index contributed by atoms with van der Waals surface area (Å²) in [5.41, 5.74) is 7.51. The lowest BCUT2D eigenvalue weighted by atomic mass is 10.0. The van der Waals surface area contributed by atoms with Crippen molar-refractivity contribution in [2.24, 2.45) is 16.6 Å². The number of nitrogens with two attached hydrogens (primary N) is 1. The number of aliphatic imine (C=N–C) groups is 1. The van der Waals surface area contributed by atoms with Crippen molar-refractivity contribution in [2.45, 2.75) is 33.2 Å². The largest absolute Gasteiger partial charge is 0.370 e. The maximum Gasteiger partial charge on any atom is 0.191 e. The fourth-order valence-electron chi connectivity index (χ4n) is 2.19. The smallest absolute Gasteiger partial charge is 0.191 e. The summed E-state index contributed by atoms with van der Waals surface area (Å²) in [5, 5.41) is 2.17. The first-order valence-electron chi connectivity index (χ1n) is 6.22. The molecule has 0 saturated carbocycles. The molecule has 1 aliphatic rings. The van der Waals surface area contributed by atoms with E-state index in [1.54, 1.807) is 0 Å². The van der Waals surface area contributed by atoms with Crippen LogP contribution in [0, 0.1) is 5.92 Å². The average Bonchev–Trinajstić information content (AvgIpc) is 2.75. The molecule has 2 heterocycles. The molecule has 3 nitrogen and oxygen atoms in total. The van der Waals surface area contributed by atoms with Gasteiger partial charge in [0, 0.05) is 18.0 Å². The minimum atomic E-state index is 0.362. The molecule has 1 atom stereocenters. The van der Waals surface area contributed by atoms with Crippen LogP contribution >= 0.6 is 11.3 Å². The van der Waals surface area contributed by atoms with Gasteiger partial charge in [-0.25, -0.2) is 0 Å². The number of nitrogens with zero attached hydrogens (tertiary/aromatic N) is 2. The molecule has 1 aromatic heterocycles. The van der Waals surface area contributed by atoms with Gasteiger partial charge in [-0.05, 0) is 36.3 Å². The SMILES string of the molecule is CC(C)CN=C(N)N1CCc2sccc2C1C. The minimum Gasteiger partial charge on any atom is -0.370 e. The summed E-state index contributed by atoms with van der Waals surface area (Å²) in [6.07, 6.45) is 1.09. The van der Waals surface area contributed by atoms with E-state index in [-0.39, 0.29) is 0 Å². The summed E-state index contributed by atoms with van der Waals surface area (Å²) in [6.45, 7) is 8.33. The number of thiophene rings is 1. The van der Waals surface area contributed by atoms with Crippen LogP contribution in [0.1, 0.15) is 37.3 Å². The second-order valence-corrected chi connectivity index (χ2v) is 6.01. The molecule has 94 valence electrons. The Morgan fingerprint density at radius 2 is 2.41 bits per heavy atom. The Bertz CT molecular complexity index is 409. The van der Waals surface area contributed by atoms with Gasteiger partial charge in [-0.2, -0.15) is 0 Å². The molecule has 1 aliphatic heterocycles. The molecule has 0 bridgehead atoms. The molecule has 17 heavy (non-hydrogen) atoms. The second-order valence-electron chi connectivity index (χ2n) is 5.01. The normalized spacial score (nSPS) is 20.8. The van der Waals surface area contributed by atoms with Crippen LogP contribution in [0.5, 0.6) is 0 Å². The first kappa shape index (κ1) is 12.4. The van der Waals surface area contributed by atoms with Crippen molar-refractivity contribution in [3.05, 3.63) is 21.9 Å². The molecular weight excluding hydrogens is 230 g/mol. The van der Waals surface area contributed by atoms with Gasteiger partial charge in [0.1, 0.15) is 0 Å². The third-order valence-corrected chi connectivity index (χ3v) is 4.19. The third kappa shape index (κ3) is 2.63. The lowest BCUT2D eigenvalue weighted by Gasteiger charge is -2.34. The first-order valence-corrected chi connectivity index (χ1v) is 7.10. The highest BCUT2D eigenvalue weighted by molar-refractivity contribution is 7.10. The zero-order chi connectivity index (χ0) is 12.4. The molecule has 0 aromatic carbocycles. The Kier molecular flexibility index (Phi) is 3.72. The monoisotopic (exact) mass is 251 g/mol. The van der Waals surface area contributed by atoms with E-state index in [1.165, 1.54) is 10.4 Å². The van der Waals surface area contributed by atoms with Crippen LogP contribution in [0.4, 0.5) is 0 Å². The number of hydrogen-bond donors (Lipinski definition) is 1. The highest BCUT2D eigenvalue weighted by atomic mass is 32.1. The standard InChI is InChI=1S/C13H21N3S/c1-9(2)8-15-13(14)16-6-4-12-11(10(16)3)5-7-17-12/h5,7,9-10H,4,6,8H2,1-3H3,(H2,14,15). The first-order chi connectivity index (χ1) is 8.09. The van der Waals surface area contributed by atoms with Crippen molar-refractivity contribution in [1.82, 2.24) is 4.90 Å². The van der Waals surface area contributed by atoms with E-state index >= 15 is 0 Å². The molecule has 4 heteroatoms. The maximum atomic E-state index is 6.09. The lowest BCUT2D eigenvalue weighted by molar-refractivity contribution is 0.317. The van der Waals surface area contributed by atoms with Gasteiger partial charge in [-0.1, -0.05) is 13.8 Å². The van der Waals surface area contributed by atoms with Gasteiger partial charge >= 0.3 is 0 Å². The van der Waals surface area contributed by atoms with E-state index in [0.717, 1.165) is 19.5 Å². The van der Waals surface area contributed by atoms with E-state index in [0.29, 0.717) is 17.9 Å². The van der Waals surface area contributed by atoms with E-state index in [2.05, 4.69) is 42.1 Å². The number of rotatable bonds is 2. The zero-order valence-electron chi connectivity index (χ0n) is 10.8. The third-order valence-electron chi connectivity index (χ3n) is 3.19. The van der Waals surface area contributed by atoms with Crippen molar-refractivity contribution >= 4 is 17.3 Å². The Morgan fingerprint density at radius 3 is 3.12 bits per heavy atom. The van der Waals surface area contributed by atoms with Crippen LogP contribution in [0.2, 0.25) is 0 Å². The Hall–Kier alpha value is -1.03. The maximum absolute atomic E-state index is 6.09. The van der Waals surface area contributed by atoms with Gasteiger partial charge in [0.15, 0.2) is 5.96 Å². The molecule has 1 aromatic rings. The fraction of sp³-hybridized carbons (Fsp3) is 0.615. The zero-order valence-corrected chi connectivity index (χ0v) is 11.6. The van der Waals surface area contributed by atoms with Crippen molar-refractivity contribution in [3.63, 3.8) is 0 Å². The highest BCUT2D eigenvalue weighted by Gasteiger charge is 2.25. The molecule has 0 radical (unpaired) electrons. The molecule has 2 N–H and O–H groups in total. The van der Waals surface area contributed by atoms with E-state index in [9.17, 15) is 0 Å². The van der Waals surface area contributed by atoms with Crippen LogP contribution in [-0.4, -0.2) is 23.9 Å². The second kappa shape index (κ2) is 5.08. The molecule has 0 spiro atoms. The predicted molar refractivity (Wildman–Crippen MR) is 74.5 cm³/mol. The lowest BCUT2D eigenvalue weighted by Crippen LogP contribution is -2.43. The summed E-state index contributed by atoms with van der Waals surface area (Å²) in [5.74, 6) is 1.26. The average molecular weight is 251 g/mol. The number of fused-ring (bicyclic) bond motifs is 1. The van der Waals surface area contributed by atoms with Gasteiger partial charge in [-0.3, -0.25) is 4.99 Å². The Balaban J connectivity index is 2.11. The van der Waals surface area contributed by atoms with Crippen LogP contribution in [-0.2, 0) is 6.42 Å². The molecular formula is C13H21N3S. The van der Waals surface area contributed by atoms with Gasteiger partial charge in [-0.15, -0.1) is 11.3 Å². The van der Waals surface area contributed by atoms with Gasteiger partial charge in [0.05, 0.1) is 6.04 Å². The Labute approximate surface area is 107 Å². The summed E-state index contributed by atoms with van der Waals surface area (Å²) in [7, 11) is 0. The summed E-state index contributed by atoms with van der Waals surface area (Å²) < 4.78 is 0. The van der Waals surface area contributed by atoms with Crippen LogP contribution in [0.15, 0.2) is 16.4 Å². The summed E-state index contributed by atoms with van der Waals surface area (Å²) >= 11 is 1.85. The van der Waals surface area contributed by atoms with E-state index in [1.807, 2.05) is 11.3 Å². The fourth-order valence-corrected chi connectivity index (χ4v) is 3.15. The molecule has 0 amide bonds. The molecule has 0 fully saturated rings. The van der Waals surface area contributed by atoms with Crippen molar-refractivity contribution < 1.29 is 0 Å². The molecule has 2 rings (SSSR count). The van der Waals surface area contributed by atoms with Crippen LogP contribution in [0.25, 0.3) is 0 Å². The topological polar surface area (TPSA) is 41.6 Å². The summed E-state index contributed by atoms with van der Waals surface area (Å²) in [6, 6.07) is 2.58. The van der Waals surface area contributed by atoms with Gasteiger partial charge < -0.3 is 10.6 Å². The van der Waals surface area contributed by atoms with Crippen molar-refractivity contribution in [2.75, 3.05) is 13.1 Å². The van der Waals surface area contributed by atoms with E-state index in [4.69, 9.17) is 5.73 Å². The molecule has 0 saturated heterocycles. The number of guanidine groups is 1. The van der Waals surface area contributed by atoms with Crippen molar-refractivity contribution in [3.8, 4) is 0 Å². The highest BCUT2D eigenvalue weighted by Crippen LogP contribution is 2.32. The van der Waals surface area contributed by atoms with E-state index < -0.39 is 0 Å². The van der Waals surface area contributed by atoms with Crippen LogP contribution in [0.3, 0.4) is 0 Å². The van der Waals surface area contributed by atoms with Crippen LogP contribution < -0.4 is 5.73 Å². The molecule has 0 aliphatic carbocycles. The number of hydrogen-bond acceptors (Lipinski definition) is 2. The van der Waals surface area contributed by atoms with Gasteiger partial charge in [0.2, 0.25) is 0 Å². The summed E-state index contributed by atoms with van der Waals surface area (Å²) in [4.78, 5) is 8.20. The van der Waals surface area contributed by atoms with Crippen molar-refractivity contribution in [1.29, 1.82) is 0 Å². The Morgan fingerprint density at radius 1 is 1.65 bits per heavy atom. The predicted octanol–water partition coefficient (Wildman–Crippen LogP) is 2.64.